The Labute approximate surface area is 129 Å². The summed E-state index contributed by atoms with van der Waals surface area (Å²) in [5, 5.41) is 13.0. The van der Waals surface area contributed by atoms with Gasteiger partial charge in [0, 0.05) is 6.20 Å². The molecule has 0 spiro atoms. The van der Waals surface area contributed by atoms with Crippen molar-refractivity contribution in [1.29, 1.82) is 0 Å². The number of hydrogen-bond acceptors (Lipinski definition) is 3. The summed E-state index contributed by atoms with van der Waals surface area (Å²) >= 11 is 12.0. The lowest BCUT2D eigenvalue weighted by atomic mass is 10.3. The van der Waals surface area contributed by atoms with E-state index in [1.165, 1.54) is 4.40 Å². The van der Waals surface area contributed by atoms with Gasteiger partial charge in [-0.1, -0.05) is 35.3 Å². The minimum atomic E-state index is -1.09. The number of hydrogen-bond donors (Lipinski definition) is 2. The summed E-state index contributed by atoms with van der Waals surface area (Å²) in [6.07, 6.45) is 1.64. The number of imidazole rings is 1. The molecule has 0 aliphatic carbocycles. The smallest absolute Gasteiger partial charge is 0.356 e. The molecule has 2 heterocycles. The number of anilines is 2. The van der Waals surface area contributed by atoms with Crippen LogP contribution in [-0.4, -0.2) is 20.5 Å². The van der Waals surface area contributed by atoms with Gasteiger partial charge in [0.1, 0.15) is 5.65 Å². The number of nitrogens with one attached hydrogen (secondary N) is 1. The Morgan fingerprint density at radius 2 is 2.00 bits per heavy atom. The molecule has 0 saturated carbocycles. The van der Waals surface area contributed by atoms with Crippen molar-refractivity contribution in [3.8, 4) is 0 Å². The molecule has 3 rings (SSSR count). The Balaban J connectivity index is 2.14. The number of aromatic nitrogens is 2. The molecular formula is C14H9Cl2N3O2. The van der Waals surface area contributed by atoms with Gasteiger partial charge in [-0.3, -0.25) is 4.40 Å². The van der Waals surface area contributed by atoms with Gasteiger partial charge in [-0.05, 0) is 24.3 Å². The van der Waals surface area contributed by atoms with Crippen LogP contribution in [0.2, 0.25) is 10.0 Å². The summed E-state index contributed by atoms with van der Waals surface area (Å²) < 4.78 is 1.49. The lowest BCUT2D eigenvalue weighted by Crippen LogP contribution is -2.05. The first-order valence-corrected chi connectivity index (χ1v) is 6.75. The first-order chi connectivity index (χ1) is 10.1. The molecule has 0 saturated heterocycles. The van der Waals surface area contributed by atoms with Gasteiger partial charge < -0.3 is 10.4 Å². The third-order valence-corrected chi connectivity index (χ3v) is 3.76. The molecule has 2 N–H and O–H groups in total. The van der Waals surface area contributed by atoms with Crippen LogP contribution in [-0.2, 0) is 0 Å². The fourth-order valence-electron chi connectivity index (χ4n) is 2.02. The van der Waals surface area contributed by atoms with E-state index in [0.29, 0.717) is 21.4 Å². The predicted octanol–water partition coefficient (Wildman–Crippen LogP) is 4.08. The summed E-state index contributed by atoms with van der Waals surface area (Å²) in [5.74, 6) is -0.882. The van der Waals surface area contributed by atoms with Crippen LogP contribution in [0.25, 0.3) is 5.65 Å². The molecule has 106 valence electrons. The van der Waals surface area contributed by atoms with Crippen LogP contribution in [0.4, 0.5) is 11.5 Å². The molecule has 2 aromatic heterocycles. The SMILES string of the molecule is O=C(O)c1c(Nc2cccc(Cl)c2Cl)nc2ccccn12. The summed E-state index contributed by atoms with van der Waals surface area (Å²) in [6, 6.07) is 10.3. The van der Waals surface area contributed by atoms with Crippen LogP contribution < -0.4 is 5.32 Å². The quantitative estimate of drug-likeness (QED) is 0.762. The normalized spacial score (nSPS) is 10.8. The van der Waals surface area contributed by atoms with E-state index in [1.807, 2.05) is 0 Å². The summed E-state index contributed by atoms with van der Waals surface area (Å²) in [4.78, 5) is 15.7. The highest BCUT2D eigenvalue weighted by Crippen LogP contribution is 2.32. The third kappa shape index (κ3) is 2.41. The van der Waals surface area contributed by atoms with E-state index in [-0.39, 0.29) is 11.5 Å². The lowest BCUT2D eigenvalue weighted by Gasteiger charge is -2.07. The summed E-state index contributed by atoms with van der Waals surface area (Å²) in [6.45, 7) is 0. The molecule has 0 radical (unpaired) electrons. The Bertz CT molecular complexity index is 845. The zero-order chi connectivity index (χ0) is 15.0. The minimum absolute atomic E-state index is 0.0293. The highest BCUT2D eigenvalue weighted by Gasteiger charge is 2.19. The third-order valence-electron chi connectivity index (χ3n) is 2.94. The van der Waals surface area contributed by atoms with Crippen LogP contribution in [0, 0.1) is 0 Å². The highest BCUT2D eigenvalue weighted by molar-refractivity contribution is 6.43. The second-order valence-electron chi connectivity index (χ2n) is 4.27. The van der Waals surface area contributed by atoms with E-state index in [2.05, 4.69) is 10.3 Å². The molecule has 7 heteroatoms. The number of aromatic carboxylic acids is 1. The van der Waals surface area contributed by atoms with Gasteiger partial charge in [0.25, 0.3) is 0 Å². The average molecular weight is 322 g/mol. The van der Waals surface area contributed by atoms with Gasteiger partial charge in [-0.25, -0.2) is 9.78 Å². The van der Waals surface area contributed by atoms with Crippen molar-refractivity contribution >= 4 is 46.3 Å². The number of carbonyl (C=O) groups is 1. The van der Waals surface area contributed by atoms with E-state index in [4.69, 9.17) is 23.2 Å². The maximum absolute atomic E-state index is 11.5. The van der Waals surface area contributed by atoms with Gasteiger partial charge >= 0.3 is 5.97 Å². The number of benzene rings is 1. The minimum Gasteiger partial charge on any atom is -0.476 e. The first-order valence-electron chi connectivity index (χ1n) is 5.99. The van der Waals surface area contributed by atoms with Gasteiger partial charge in [-0.2, -0.15) is 0 Å². The Morgan fingerprint density at radius 3 is 2.76 bits per heavy atom. The molecule has 0 bridgehead atoms. The number of rotatable bonds is 3. The molecule has 1 aromatic carbocycles. The van der Waals surface area contributed by atoms with E-state index < -0.39 is 5.97 Å². The van der Waals surface area contributed by atoms with Crippen molar-refractivity contribution in [2.75, 3.05) is 5.32 Å². The highest BCUT2D eigenvalue weighted by atomic mass is 35.5. The maximum atomic E-state index is 11.5. The number of carboxylic acid groups (broad SMARTS) is 1. The fourth-order valence-corrected chi connectivity index (χ4v) is 2.36. The van der Waals surface area contributed by atoms with Crippen LogP contribution in [0.5, 0.6) is 0 Å². The molecule has 0 aliphatic rings. The number of carboxylic acids is 1. The summed E-state index contributed by atoms with van der Waals surface area (Å²) in [7, 11) is 0. The molecule has 3 aromatic rings. The molecule has 0 unspecified atom stereocenters. The van der Waals surface area contributed by atoms with Crippen molar-refractivity contribution in [2.45, 2.75) is 0 Å². The largest absolute Gasteiger partial charge is 0.476 e. The van der Waals surface area contributed by atoms with Crippen LogP contribution in [0.1, 0.15) is 10.5 Å². The zero-order valence-corrected chi connectivity index (χ0v) is 12.1. The van der Waals surface area contributed by atoms with Gasteiger partial charge in [0.15, 0.2) is 11.5 Å². The van der Waals surface area contributed by atoms with Gasteiger partial charge in [0.05, 0.1) is 15.7 Å². The van der Waals surface area contributed by atoms with Gasteiger partial charge in [0.2, 0.25) is 0 Å². The first kappa shape index (κ1) is 13.7. The number of halogens is 2. The molecule has 0 amide bonds. The summed E-state index contributed by atoms with van der Waals surface area (Å²) in [5.41, 5.74) is 1.05. The number of nitrogens with zero attached hydrogens (tertiary/aromatic N) is 2. The maximum Gasteiger partial charge on any atom is 0.356 e. The Hall–Kier alpha value is -2.24. The molecule has 21 heavy (non-hydrogen) atoms. The lowest BCUT2D eigenvalue weighted by molar-refractivity contribution is 0.0690. The molecule has 0 fully saturated rings. The molecular weight excluding hydrogens is 313 g/mol. The second kappa shape index (κ2) is 5.27. The topological polar surface area (TPSA) is 66.6 Å². The van der Waals surface area contributed by atoms with Gasteiger partial charge in [-0.15, -0.1) is 0 Å². The van der Waals surface area contributed by atoms with Crippen molar-refractivity contribution in [3.63, 3.8) is 0 Å². The van der Waals surface area contributed by atoms with E-state index >= 15 is 0 Å². The standard InChI is InChI=1S/C14H9Cl2N3O2/c15-8-4-3-5-9(11(8)16)17-13-12(14(20)21)19-7-2-1-6-10(19)18-13/h1-7,17H,(H,20,21). The van der Waals surface area contributed by atoms with Crippen LogP contribution in [0.3, 0.4) is 0 Å². The predicted molar refractivity (Wildman–Crippen MR) is 81.9 cm³/mol. The fraction of sp³-hybridized carbons (Fsp3) is 0. The van der Waals surface area contributed by atoms with E-state index in [1.54, 1.807) is 42.6 Å². The number of fused-ring (bicyclic) bond motifs is 1. The van der Waals surface area contributed by atoms with E-state index in [0.717, 1.165) is 0 Å². The molecule has 0 atom stereocenters. The molecule has 0 aliphatic heterocycles. The van der Waals surface area contributed by atoms with Crippen molar-refractivity contribution in [1.82, 2.24) is 9.38 Å². The second-order valence-corrected chi connectivity index (χ2v) is 5.05. The number of pyridine rings is 1. The van der Waals surface area contributed by atoms with Crippen molar-refractivity contribution < 1.29 is 9.90 Å². The van der Waals surface area contributed by atoms with Crippen molar-refractivity contribution in [3.05, 3.63) is 58.3 Å². The monoisotopic (exact) mass is 321 g/mol. The molecule has 5 nitrogen and oxygen atoms in total. The average Bonchev–Trinajstić information content (AvgIpc) is 2.82. The Kier molecular flexibility index (Phi) is 3.45. The zero-order valence-electron chi connectivity index (χ0n) is 10.5. The van der Waals surface area contributed by atoms with Crippen LogP contribution in [0.15, 0.2) is 42.6 Å². The Morgan fingerprint density at radius 1 is 1.19 bits per heavy atom. The van der Waals surface area contributed by atoms with Crippen LogP contribution >= 0.6 is 23.2 Å². The van der Waals surface area contributed by atoms with E-state index in [9.17, 15) is 9.90 Å². The van der Waals surface area contributed by atoms with Crippen molar-refractivity contribution in [2.24, 2.45) is 0 Å².